The Morgan fingerprint density at radius 1 is 1.34 bits per heavy atom. The van der Waals surface area contributed by atoms with Gasteiger partial charge in [-0.2, -0.15) is 0 Å². The van der Waals surface area contributed by atoms with Crippen molar-refractivity contribution in [3.05, 3.63) is 64.1 Å². The van der Waals surface area contributed by atoms with Gasteiger partial charge in [-0.05, 0) is 48.4 Å². The third-order valence-corrected chi connectivity index (χ3v) is 6.04. The van der Waals surface area contributed by atoms with Gasteiger partial charge in [-0.1, -0.05) is 36.8 Å². The maximum atomic E-state index is 12.5. The number of hydrogen-bond acceptors (Lipinski definition) is 5. The number of allylic oxidation sites excluding steroid dienone is 5. The predicted molar refractivity (Wildman–Crippen MR) is 120 cm³/mol. The number of benzene rings is 1. The quantitative estimate of drug-likeness (QED) is 0.531. The normalized spacial score (nSPS) is 15.0. The minimum atomic E-state index is -0.713. The highest BCUT2D eigenvalue weighted by Crippen LogP contribution is 2.34. The highest BCUT2D eigenvalue weighted by Gasteiger charge is 2.17. The van der Waals surface area contributed by atoms with Crippen molar-refractivity contribution in [3.8, 4) is 5.75 Å². The summed E-state index contributed by atoms with van der Waals surface area (Å²) in [6, 6.07) is 3.51. The molecule has 0 radical (unpaired) electrons. The lowest BCUT2D eigenvalue weighted by Crippen LogP contribution is -2.38. The molecular weight excluding hydrogens is 384 g/mol. The first kappa shape index (κ1) is 21.3. The summed E-state index contributed by atoms with van der Waals surface area (Å²) in [7, 11) is 0. The summed E-state index contributed by atoms with van der Waals surface area (Å²) in [5.41, 5.74) is 3.75. The summed E-state index contributed by atoms with van der Waals surface area (Å²) < 4.78 is 0.979. The van der Waals surface area contributed by atoms with Crippen LogP contribution in [0.15, 0.2) is 53.0 Å². The van der Waals surface area contributed by atoms with Crippen LogP contribution in [0.4, 0.5) is 0 Å². The number of aliphatic hydroxyl groups is 1. The molecule has 0 spiro atoms. The molecule has 0 saturated carbocycles. The summed E-state index contributed by atoms with van der Waals surface area (Å²) in [6.07, 6.45) is 9.71. The molecule has 0 saturated heterocycles. The molecule has 1 aromatic carbocycles. The van der Waals surface area contributed by atoms with Crippen LogP contribution < -0.4 is 10.6 Å². The molecule has 0 bridgehead atoms. The SMILES string of the molecule is CCC1=CC=CCC(CNCC(O)CNC(=O)c2cc(C)c3sccc3c2O)=C1. The van der Waals surface area contributed by atoms with Crippen molar-refractivity contribution in [3.63, 3.8) is 0 Å². The van der Waals surface area contributed by atoms with Gasteiger partial charge < -0.3 is 20.8 Å². The van der Waals surface area contributed by atoms with E-state index in [-0.39, 0.29) is 23.8 Å². The molecule has 2 aromatic rings. The number of amides is 1. The number of fused-ring (bicyclic) bond motifs is 1. The molecule has 1 unspecified atom stereocenters. The van der Waals surface area contributed by atoms with Crippen LogP contribution in [-0.2, 0) is 0 Å². The first-order valence-corrected chi connectivity index (χ1v) is 10.8. The van der Waals surface area contributed by atoms with Crippen LogP contribution in [0.25, 0.3) is 10.1 Å². The summed E-state index contributed by atoms with van der Waals surface area (Å²) in [4.78, 5) is 12.5. The second-order valence-corrected chi connectivity index (χ2v) is 8.19. The molecule has 3 rings (SSSR count). The molecule has 4 N–H and O–H groups in total. The number of aromatic hydroxyl groups is 1. The molecule has 1 amide bonds. The number of rotatable bonds is 8. The lowest BCUT2D eigenvalue weighted by atomic mass is 10.1. The molecule has 1 heterocycles. The fourth-order valence-corrected chi connectivity index (χ4v) is 4.25. The fraction of sp³-hybridized carbons (Fsp3) is 0.348. The number of hydrogen-bond donors (Lipinski definition) is 4. The van der Waals surface area contributed by atoms with Crippen LogP contribution in [0.3, 0.4) is 0 Å². The van der Waals surface area contributed by atoms with Gasteiger partial charge in [0.05, 0.1) is 11.7 Å². The summed E-state index contributed by atoms with van der Waals surface area (Å²) in [5.74, 6) is -0.391. The maximum absolute atomic E-state index is 12.5. The lowest BCUT2D eigenvalue weighted by Gasteiger charge is -2.15. The fourth-order valence-electron chi connectivity index (χ4n) is 3.37. The number of phenolic OH excluding ortho intramolecular Hbond substituents is 1. The highest BCUT2D eigenvalue weighted by atomic mass is 32.1. The van der Waals surface area contributed by atoms with E-state index in [1.807, 2.05) is 18.4 Å². The molecule has 1 aliphatic rings. The summed E-state index contributed by atoms with van der Waals surface area (Å²) in [5, 5.41) is 29.2. The van der Waals surface area contributed by atoms with Crippen LogP contribution in [0.5, 0.6) is 5.75 Å². The van der Waals surface area contributed by atoms with E-state index in [4.69, 9.17) is 0 Å². The predicted octanol–water partition coefficient (Wildman–Crippen LogP) is 3.82. The van der Waals surface area contributed by atoms with Gasteiger partial charge >= 0.3 is 0 Å². The van der Waals surface area contributed by atoms with Gasteiger partial charge in [0.25, 0.3) is 5.91 Å². The first-order chi connectivity index (χ1) is 14.0. The Labute approximate surface area is 175 Å². The van der Waals surface area contributed by atoms with Gasteiger partial charge in [-0.15, -0.1) is 11.3 Å². The van der Waals surface area contributed by atoms with Crippen molar-refractivity contribution in [2.75, 3.05) is 19.6 Å². The van der Waals surface area contributed by atoms with Crippen LogP contribution in [0.1, 0.15) is 35.7 Å². The third-order valence-electron chi connectivity index (χ3n) is 4.99. The number of carbonyl (C=O) groups excluding carboxylic acids is 1. The second-order valence-electron chi connectivity index (χ2n) is 7.28. The number of aliphatic hydroxyl groups excluding tert-OH is 1. The number of thiophene rings is 1. The standard InChI is InChI=1S/C23H28N2O3S/c1-3-16-6-4-5-7-17(11-16)12-24-13-18(26)14-25-23(28)20-10-15(2)22-19(21(20)27)8-9-29-22/h4-6,8-11,18,24,26-27H,3,7,12-14H2,1-2H3,(H,25,28). The van der Waals surface area contributed by atoms with Gasteiger partial charge in [0.15, 0.2) is 0 Å². The van der Waals surface area contributed by atoms with E-state index < -0.39 is 6.10 Å². The Hall–Kier alpha value is -2.41. The van der Waals surface area contributed by atoms with E-state index in [0.717, 1.165) is 23.1 Å². The Morgan fingerprint density at radius 2 is 2.17 bits per heavy atom. The molecule has 1 atom stereocenters. The molecule has 6 heteroatoms. The van der Waals surface area contributed by atoms with Crippen LogP contribution in [0.2, 0.25) is 0 Å². The van der Waals surface area contributed by atoms with Crippen molar-refractivity contribution in [2.24, 2.45) is 0 Å². The smallest absolute Gasteiger partial charge is 0.255 e. The van der Waals surface area contributed by atoms with Gasteiger partial charge in [-0.3, -0.25) is 4.79 Å². The highest BCUT2D eigenvalue weighted by molar-refractivity contribution is 7.17. The minimum absolute atomic E-state index is 0.00916. The zero-order chi connectivity index (χ0) is 20.8. The molecule has 29 heavy (non-hydrogen) atoms. The first-order valence-electron chi connectivity index (χ1n) is 9.91. The summed E-state index contributed by atoms with van der Waals surface area (Å²) >= 11 is 1.54. The topological polar surface area (TPSA) is 81.6 Å². The van der Waals surface area contributed by atoms with Crippen LogP contribution >= 0.6 is 11.3 Å². The van der Waals surface area contributed by atoms with E-state index in [9.17, 15) is 15.0 Å². The molecule has 0 fully saturated rings. The monoisotopic (exact) mass is 412 g/mol. The molecule has 0 aliphatic heterocycles. The Bertz CT molecular complexity index is 972. The number of carbonyl (C=O) groups is 1. The van der Waals surface area contributed by atoms with Crippen molar-refractivity contribution in [2.45, 2.75) is 32.8 Å². The summed E-state index contributed by atoms with van der Waals surface area (Å²) in [6.45, 7) is 5.24. The van der Waals surface area contributed by atoms with E-state index in [2.05, 4.69) is 41.9 Å². The molecule has 1 aliphatic carbocycles. The number of phenols is 1. The molecule has 5 nitrogen and oxygen atoms in total. The molecule has 1 aromatic heterocycles. The Morgan fingerprint density at radius 3 is 2.97 bits per heavy atom. The van der Waals surface area contributed by atoms with Gasteiger partial charge in [-0.25, -0.2) is 0 Å². The van der Waals surface area contributed by atoms with E-state index >= 15 is 0 Å². The lowest BCUT2D eigenvalue weighted by molar-refractivity contribution is 0.0913. The zero-order valence-electron chi connectivity index (χ0n) is 16.9. The van der Waals surface area contributed by atoms with Crippen LogP contribution in [-0.4, -0.2) is 41.9 Å². The third kappa shape index (κ3) is 5.35. The van der Waals surface area contributed by atoms with E-state index in [1.165, 1.54) is 22.5 Å². The van der Waals surface area contributed by atoms with E-state index in [0.29, 0.717) is 18.5 Å². The Balaban J connectivity index is 1.49. The van der Waals surface area contributed by atoms with E-state index in [1.54, 1.807) is 6.07 Å². The zero-order valence-corrected chi connectivity index (χ0v) is 17.7. The van der Waals surface area contributed by atoms with Gasteiger partial charge in [0.1, 0.15) is 5.75 Å². The molecule has 154 valence electrons. The van der Waals surface area contributed by atoms with Crippen LogP contribution in [0, 0.1) is 6.92 Å². The van der Waals surface area contributed by atoms with Crippen molar-refractivity contribution < 1.29 is 15.0 Å². The number of nitrogens with one attached hydrogen (secondary N) is 2. The van der Waals surface area contributed by atoms with Gasteiger partial charge in [0, 0.05) is 29.7 Å². The van der Waals surface area contributed by atoms with Crippen molar-refractivity contribution >= 4 is 27.3 Å². The minimum Gasteiger partial charge on any atom is -0.506 e. The Kier molecular flexibility index (Phi) is 7.25. The van der Waals surface area contributed by atoms with Gasteiger partial charge in [0.2, 0.25) is 0 Å². The van der Waals surface area contributed by atoms with Crippen molar-refractivity contribution in [1.82, 2.24) is 10.6 Å². The molecular formula is C23H28N2O3S. The average Bonchev–Trinajstić information content (AvgIpc) is 3.10. The second kappa shape index (κ2) is 9.87. The number of aryl methyl sites for hydroxylation is 1. The van der Waals surface area contributed by atoms with Crippen molar-refractivity contribution in [1.29, 1.82) is 0 Å². The average molecular weight is 413 g/mol. The maximum Gasteiger partial charge on any atom is 0.255 e. The largest absolute Gasteiger partial charge is 0.506 e.